The quantitative estimate of drug-likeness (QED) is 0.816. The van der Waals surface area contributed by atoms with E-state index in [4.69, 9.17) is 4.42 Å². The maximum atomic E-state index is 11.4. The number of piperidine rings is 1. The lowest BCUT2D eigenvalue weighted by atomic mass is 9.98. The van der Waals surface area contributed by atoms with Gasteiger partial charge in [-0.2, -0.15) is 0 Å². The van der Waals surface area contributed by atoms with Gasteiger partial charge in [0.25, 0.3) is 0 Å². The van der Waals surface area contributed by atoms with Gasteiger partial charge in [0, 0.05) is 12.6 Å². The summed E-state index contributed by atoms with van der Waals surface area (Å²) in [5, 5.41) is 3.46. The molecule has 0 bridgehead atoms. The van der Waals surface area contributed by atoms with Crippen molar-refractivity contribution in [3.8, 4) is 0 Å². The van der Waals surface area contributed by atoms with Crippen LogP contribution in [-0.4, -0.2) is 43.7 Å². The first-order valence-electron chi connectivity index (χ1n) is 7.72. The Bertz CT molecular complexity index is 450. The number of carbonyl (C=O) groups is 1. The Hall–Kier alpha value is -1.33. The highest BCUT2D eigenvalue weighted by atomic mass is 16.5. The first-order valence-corrected chi connectivity index (χ1v) is 7.72. The smallest absolute Gasteiger partial charge is 0.373 e. The van der Waals surface area contributed by atoms with Gasteiger partial charge < -0.3 is 14.5 Å². The Morgan fingerprint density at radius 3 is 2.95 bits per heavy atom. The van der Waals surface area contributed by atoms with Crippen LogP contribution in [-0.2, 0) is 11.3 Å². The third kappa shape index (κ3) is 4.58. The van der Waals surface area contributed by atoms with Crippen LogP contribution in [0.15, 0.2) is 16.5 Å². The van der Waals surface area contributed by atoms with E-state index in [1.807, 2.05) is 6.07 Å². The summed E-state index contributed by atoms with van der Waals surface area (Å²) >= 11 is 0. The number of esters is 1. The van der Waals surface area contributed by atoms with Crippen molar-refractivity contribution in [1.82, 2.24) is 10.2 Å². The van der Waals surface area contributed by atoms with Crippen molar-refractivity contribution in [1.29, 1.82) is 0 Å². The van der Waals surface area contributed by atoms with Crippen molar-refractivity contribution in [3.63, 3.8) is 0 Å². The average Bonchev–Trinajstić information content (AvgIpc) is 2.95. The SMILES string of the molecule is COC(=O)c1ccc(CN(CC2CCCNC2)C(C)C)o1. The van der Waals surface area contributed by atoms with E-state index in [9.17, 15) is 4.79 Å². The van der Waals surface area contributed by atoms with E-state index in [0.29, 0.717) is 12.0 Å². The van der Waals surface area contributed by atoms with E-state index in [1.165, 1.54) is 20.0 Å². The summed E-state index contributed by atoms with van der Waals surface area (Å²) in [7, 11) is 1.36. The molecule has 0 spiro atoms. The minimum Gasteiger partial charge on any atom is -0.463 e. The molecule has 5 heteroatoms. The fraction of sp³-hybridized carbons (Fsp3) is 0.688. The largest absolute Gasteiger partial charge is 0.463 e. The number of nitrogens with zero attached hydrogens (tertiary/aromatic N) is 1. The molecule has 118 valence electrons. The summed E-state index contributed by atoms with van der Waals surface area (Å²) in [6.07, 6.45) is 2.53. The monoisotopic (exact) mass is 294 g/mol. The van der Waals surface area contributed by atoms with Crippen LogP contribution in [0.3, 0.4) is 0 Å². The van der Waals surface area contributed by atoms with Crippen molar-refractivity contribution >= 4 is 5.97 Å². The van der Waals surface area contributed by atoms with Gasteiger partial charge >= 0.3 is 5.97 Å². The molecule has 2 heterocycles. The van der Waals surface area contributed by atoms with Crippen LogP contribution < -0.4 is 5.32 Å². The van der Waals surface area contributed by atoms with E-state index in [1.54, 1.807) is 6.07 Å². The molecule has 1 fully saturated rings. The van der Waals surface area contributed by atoms with Gasteiger partial charge in [0.05, 0.1) is 13.7 Å². The number of hydrogen-bond acceptors (Lipinski definition) is 5. The first kappa shape index (κ1) is 16.0. The van der Waals surface area contributed by atoms with Crippen LogP contribution in [0.25, 0.3) is 0 Å². The highest BCUT2D eigenvalue weighted by Crippen LogP contribution is 2.18. The van der Waals surface area contributed by atoms with Gasteiger partial charge in [-0.05, 0) is 57.8 Å². The Morgan fingerprint density at radius 2 is 2.33 bits per heavy atom. The minimum absolute atomic E-state index is 0.274. The van der Waals surface area contributed by atoms with Crippen molar-refractivity contribution in [2.75, 3.05) is 26.7 Å². The summed E-state index contributed by atoms with van der Waals surface area (Å²) in [6.45, 7) is 8.40. The van der Waals surface area contributed by atoms with E-state index >= 15 is 0 Å². The number of nitrogens with one attached hydrogen (secondary N) is 1. The second kappa shape index (κ2) is 7.61. The molecular weight excluding hydrogens is 268 g/mol. The zero-order chi connectivity index (χ0) is 15.2. The number of rotatable bonds is 6. The standard InChI is InChI=1S/C16H26N2O3/c1-12(2)18(10-13-5-4-8-17-9-13)11-14-6-7-15(21-14)16(19)20-3/h6-7,12-13,17H,4-5,8-11H2,1-3H3. The average molecular weight is 294 g/mol. The van der Waals surface area contributed by atoms with Crippen LogP contribution in [0.4, 0.5) is 0 Å². The van der Waals surface area contributed by atoms with Gasteiger partial charge in [-0.25, -0.2) is 4.79 Å². The van der Waals surface area contributed by atoms with Gasteiger partial charge in [0.1, 0.15) is 5.76 Å². The van der Waals surface area contributed by atoms with Crippen molar-refractivity contribution in [2.24, 2.45) is 5.92 Å². The molecule has 1 saturated heterocycles. The van der Waals surface area contributed by atoms with Crippen LogP contribution in [0.5, 0.6) is 0 Å². The molecule has 1 aromatic rings. The Kier molecular flexibility index (Phi) is 5.82. The zero-order valence-electron chi connectivity index (χ0n) is 13.2. The van der Waals surface area contributed by atoms with Gasteiger partial charge in [0.2, 0.25) is 5.76 Å². The second-order valence-corrected chi connectivity index (χ2v) is 5.99. The van der Waals surface area contributed by atoms with Crippen molar-refractivity contribution in [2.45, 2.75) is 39.3 Å². The fourth-order valence-electron chi connectivity index (χ4n) is 2.74. The molecule has 1 aromatic heterocycles. The number of ether oxygens (including phenoxy) is 1. The number of carbonyl (C=O) groups excluding carboxylic acids is 1. The van der Waals surface area contributed by atoms with Crippen LogP contribution in [0.2, 0.25) is 0 Å². The Morgan fingerprint density at radius 1 is 1.52 bits per heavy atom. The third-order valence-corrected chi connectivity index (χ3v) is 4.03. The predicted octanol–water partition coefficient (Wildman–Crippen LogP) is 2.28. The molecule has 1 N–H and O–H groups in total. The van der Waals surface area contributed by atoms with Gasteiger partial charge in [0.15, 0.2) is 0 Å². The lowest BCUT2D eigenvalue weighted by Crippen LogP contribution is -2.40. The van der Waals surface area contributed by atoms with Gasteiger partial charge in [-0.3, -0.25) is 4.90 Å². The molecule has 0 aliphatic carbocycles. The van der Waals surface area contributed by atoms with Crippen LogP contribution in [0.1, 0.15) is 43.0 Å². The molecule has 0 amide bonds. The molecule has 1 aliphatic rings. The van der Waals surface area contributed by atoms with Crippen molar-refractivity contribution in [3.05, 3.63) is 23.7 Å². The summed E-state index contributed by atoms with van der Waals surface area (Å²) in [6, 6.07) is 3.99. The molecule has 5 nitrogen and oxygen atoms in total. The molecule has 1 atom stereocenters. The van der Waals surface area contributed by atoms with Crippen LogP contribution >= 0.6 is 0 Å². The Labute approximate surface area is 126 Å². The summed E-state index contributed by atoms with van der Waals surface area (Å²) in [5.74, 6) is 1.36. The van der Waals surface area contributed by atoms with E-state index in [0.717, 1.165) is 31.9 Å². The normalized spacial score (nSPS) is 19.2. The lowest BCUT2D eigenvalue weighted by molar-refractivity contribution is 0.0559. The zero-order valence-corrected chi connectivity index (χ0v) is 13.2. The summed E-state index contributed by atoms with van der Waals surface area (Å²) < 4.78 is 10.2. The van der Waals surface area contributed by atoms with E-state index < -0.39 is 5.97 Å². The highest BCUT2D eigenvalue weighted by Gasteiger charge is 2.20. The first-order chi connectivity index (χ1) is 10.1. The molecule has 2 rings (SSSR count). The van der Waals surface area contributed by atoms with Crippen LogP contribution in [0, 0.1) is 5.92 Å². The topological polar surface area (TPSA) is 54.7 Å². The predicted molar refractivity (Wildman–Crippen MR) is 81.2 cm³/mol. The molecular formula is C16H26N2O3. The highest BCUT2D eigenvalue weighted by molar-refractivity contribution is 5.86. The second-order valence-electron chi connectivity index (χ2n) is 5.99. The summed E-state index contributed by atoms with van der Waals surface area (Å²) in [4.78, 5) is 13.8. The third-order valence-electron chi connectivity index (χ3n) is 4.03. The number of hydrogen-bond donors (Lipinski definition) is 1. The fourth-order valence-corrected chi connectivity index (χ4v) is 2.74. The molecule has 0 saturated carbocycles. The van der Waals surface area contributed by atoms with E-state index in [2.05, 4.69) is 28.8 Å². The summed E-state index contributed by atoms with van der Waals surface area (Å²) in [5.41, 5.74) is 0. The molecule has 21 heavy (non-hydrogen) atoms. The molecule has 0 radical (unpaired) electrons. The maximum Gasteiger partial charge on any atom is 0.373 e. The Balaban J connectivity index is 1.95. The van der Waals surface area contributed by atoms with Gasteiger partial charge in [-0.1, -0.05) is 0 Å². The minimum atomic E-state index is -0.422. The maximum absolute atomic E-state index is 11.4. The number of furan rings is 1. The van der Waals surface area contributed by atoms with Crippen molar-refractivity contribution < 1.29 is 13.9 Å². The number of methoxy groups -OCH3 is 1. The molecule has 1 aliphatic heterocycles. The van der Waals surface area contributed by atoms with E-state index in [-0.39, 0.29) is 5.76 Å². The lowest BCUT2D eigenvalue weighted by Gasteiger charge is -2.32. The van der Waals surface area contributed by atoms with Gasteiger partial charge in [-0.15, -0.1) is 0 Å². The molecule has 0 aromatic carbocycles. The molecule has 1 unspecified atom stereocenters.